The molecule has 1 saturated carbocycles. The van der Waals surface area contributed by atoms with Gasteiger partial charge in [0.2, 0.25) is 0 Å². The molecule has 0 amide bonds. The van der Waals surface area contributed by atoms with Crippen molar-refractivity contribution in [1.29, 1.82) is 0 Å². The van der Waals surface area contributed by atoms with Gasteiger partial charge >= 0.3 is 0 Å². The van der Waals surface area contributed by atoms with E-state index in [-0.39, 0.29) is 6.04 Å². The second-order valence-electron chi connectivity index (χ2n) is 4.68. The van der Waals surface area contributed by atoms with Crippen LogP contribution in [-0.4, -0.2) is 24.5 Å². The molecule has 0 bridgehead atoms. The third-order valence-corrected chi connectivity index (χ3v) is 4.93. The van der Waals surface area contributed by atoms with E-state index in [1.807, 2.05) is 12.1 Å². The molecule has 1 aliphatic carbocycles. The fourth-order valence-electron chi connectivity index (χ4n) is 2.31. The van der Waals surface area contributed by atoms with E-state index >= 15 is 0 Å². The Balaban J connectivity index is 2.18. The SMILES string of the molecule is CN(C1CCC1)C(CN)c1ccc(Br)c(Cl)c1. The Kier molecular flexibility index (Phi) is 4.47. The minimum atomic E-state index is 0.269. The summed E-state index contributed by atoms with van der Waals surface area (Å²) in [5.74, 6) is 0. The Morgan fingerprint density at radius 3 is 2.71 bits per heavy atom. The summed E-state index contributed by atoms with van der Waals surface area (Å²) in [7, 11) is 2.16. The molecule has 2 rings (SSSR count). The number of nitrogens with two attached hydrogens (primary N) is 1. The van der Waals surface area contributed by atoms with E-state index in [0.29, 0.717) is 12.6 Å². The van der Waals surface area contributed by atoms with Crippen molar-refractivity contribution >= 4 is 27.5 Å². The summed E-state index contributed by atoms with van der Waals surface area (Å²) in [6, 6.07) is 7.06. The Morgan fingerprint density at radius 1 is 1.53 bits per heavy atom. The number of likely N-dealkylation sites (N-methyl/N-ethyl adjacent to an activating group) is 1. The smallest absolute Gasteiger partial charge is 0.0551 e. The molecule has 0 spiro atoms. The summed E-state index contributed by atoms with van der Waals surface area (Å²) in [5, 5.41) is 0.753. The van der Waals surface area contributed by atoms with Gasteiger partial charge in [-0.05, 0) is 53.5 Å². The van der Waals surface area contributed by atoms with E-state index in [1.54, 1.807) is 0 Å². The molecule has 0 radical (unpaired) electrons. The molecule has 2 N–H and O–H groups in total. The van der Waals surface area contributed by atoms with Gasteiger partial charge in [0.05, 0.1) is 5.02 Å². The van der Waals surface area contributed by atoms with Gasteiger partial charge in [-0.25, -0.2) is 0 Å². The van der Waals surface area contributed by atoms with Crippen molar-refractivity contribution in [1.82, 2.24) is 4.90 Å². The summed E-state index contributed by atoms with van der Waals surface area (Å²) in [6.45, 7) is 0.630. The van der Waals surface area contributed by atoms with Gasteiger partial charge in [-0.1, -0.05) is 24.1 Å². The lowest BCUT2D eigenvalue weighted by atomic mass is 9.89. The minimum absolute atomic E-state index is 0.269. The maximum Gasteiger partial charge on any atom is 0.0551 e. The van der Waals surface area contributed by atoms with Crippen LogP contribution >= 0.6 is 27.5 Å². The highest BCUT2D eigenvalue weighted by atomic mass is 79.9. The van der Waals surface area contributed by atoms with Gasteiger partial charge in [0.25, 0.3) is 0 Å². The fourth-order valence-corrected chi connectivity index (χ4v) is 2.74. The molecular weight excluding hydrogens is 300 g/mol. The van der Waals surface area contributed by atoms with E-state index in [4.69, 9.17) is 17.3 Å². The molecule has 1 fully saturated rings. The van der Waals surface area contributed by atoms with Crippen molar-refractivity contribution in [3.63, 3.8) is 0 Å². The lowest BCUT2D eigenvalue weighted by Crippen LogP contribution is -2.42. The van der Waals surface area contributed by atoms with Crippen molar-refractivity contribution < 1.29 is 0 Å². The Labute approximate surface area is 116 Å². The lowest BCUT2D eigenvalue weighted by Gasteiger charge is -2.40. The molecule has 1 atom stereocenters. The van der Waals surface area contributed by atoms with Crippen LogP contribution in [0.25, 0.3) is 0 Å². The molecule has 0 heterocycles. The van der Waals surface area contributed by atoms with Crippen molar-refractivity contribution in [3.8, 4) is 0 Å². The first-order valence-electron chi connectivity index (χ1n) is 6.00. The molecule has 1 aliphatic rings. The first kappa shape index (κ1) is 13.3. The first-order chi connectivity index (χ1) is 8.13. The quantitative estimate of drug-likeness (QED) is 0.919. The van der Waals surface area contributed by atoms with Crippen LogP contribution in [0.4, 0.5) is 0 Å². The van der Waals surface area contributed by atoms with Crippen molar-refractivity contribution in [3.05, 3.63) is 33.3 Å². The molecule has 94 valence electrons. The normalized spacial score (nSPS) is 18.2. The van der Waals surface area contributed by atoms with Gasteiger partial charge in [-0.15, -0.1) is 0 Å². The average molecular weight is 318 g/mol. The number of rotatable bonds is 4. The van der Waals surface area contributed by atoms with Gasteiger partial charge < -0.3 is 5.73 Å². The van der Waals surface area contributed by atoms with Crippen LogP contribution < -0.4 is 5.73 Å². The molecule has 1 aromatic carbocycles. The van der Waals surface area contributed by atoms with Gasteiger partial charge in [-0.3, -0.25) is 4.90 Å². The molecule has 0 aromatic heterocycles. The zero-order valence-corrected chi connectivity index (χ0v) is 12.3. The molecule has 17 heavy (non-hydrogen) atoms. The van der Waals surface area contributed by atoms with Gasteiger partial charge in [-0.2, -0.15) is 0 Å². The molecule has 0 aliphatic heterocycles. The van der Waals surface area contributed by atoms with Crippen LogP contribution in [0, 0.1) is 0 Å². The van der Waals surface area contributed by atoms with E-state index in [1.165, 1.54) is 24.8 Å². The number of hydrogen-bond donors (Lipinski definition) is 1. The zero-order valence-electron chi connectivity index (χ0n) is 10.00. The molecule has 1 aromatic rings. The van der Waals surface area contributed by atoms with Gasteiger partial charge in [0.1, 0.15) is 0 Å². The van der Waals surface area contributed by atoms with Crippen LogP contribution in [0.1, 0.15) is 30.9 Å². The Bertz CT molecular complexity index is 393. The Hall–Kier alpha value is -0.0900. The summed E-state index contributed by atoms with van der Waals surface area (Å²) in [6.07, 6.45) is 3.92. The summed E-state index contributed by atoms with van der Waals surface area (Å²) in [5.41, 5.74) is 7.12. The summed E-state index contributed by atoms with van der Waals surface area (Å²) in [4.78, 5) is 2.39. The van der Waals surface area contributed by atoms with Gasteiger partial charge in [0, 0.05) is 23.1 Å². The molecule has 1 unspecified atom stereocenters. The minimum Gasteiger partial charge on any atom is -0.329 e. The van der Waals surface area contributed by atoms with Crippen LogP contribution in [0.3, 0.4) is 0 Å². The monoisotopic (exact) mass is 316 g/mol. The van der Waals surface area contributed by atoms with Crippen LogP contribution in [0.15, 0.2) is 22.7 Å². The fraction of sp³-hybridized carbons (Fsp3) is 0.538. The lowest BCUT2D eigenvalue weighted by molar-refractivity contribution is 0.113. The molecule has 4 heteroatoms. The van der Waals surface area contributed by atoms with Crippen LogP contribution in [0.2, 0.25) is 5.02 Å². The first-order valence-corrected chi connectivity index (χ1v) is 7.17. The highest BCUT2D eigenvalue weighted by Crippen LogP contribution is 2.32. The number of hydrogen-bond acceptors (Lipinski definition) is 2. The average Bonchev–Trinajstić information content (AvgIpc) is 2.22. The van der Waals surface area contributed by atoms with E-state index in [9.17, 15) is 0 Å². The van der Waals surface area contributed by atoms with Crippen molar-refractivity contribution in [2.24, 2.45) is 5.73 Å². The molecular formula is C13H18BrClN2. The second-order valence-corrected chi connectivity index (χ2v) is 5.94. The highest BCUT2D eigenvalue weighted by molar-refractivity contribution is 9.10. The molecule has 2 nitrogen and oxygen atoms in total. The van der Waals surface area contributed by atoms with Crippen LogP contribution in [-0.2, 0) is 0 Å². The second kappa shape index (κ2) is 5.70. The predicted molar refractivity (Wildman–Crippen MR) is 76.3 cm³/mol. The van der Waals surface area contributed by atoms with E-state index < -0.39 is 0 Å². The third-order valence-electron chi connectivity index (χ3n) is 3.69. The number of nitrogens with zero attached hydrogens (tertiary/aromatic N) is 1. The topological polar surface area (TPSA) is 29.3 Å². The zero-order chi connectivity index (χ0) is 12.4. The highest BCUT2D eigenvalue weighted by Gasteiger charge is 2.27. The van der Waals surface area contributed by atoms with E-state index in [0.717, 1.165) is 9.50 Å². The Morgan fingerprint density at radius 2 is 2.24 bits per heavy atom. The van der Waals surface area contributed by atoms with Crippen molar-refractivity contribution in [2.45, 2.75) is 31.3 Å². The summed E-state index contributed by atoms with van der Waals surface area (Å²) >= 11 is 9.56. The third kappa shape index (κ3) is 2.84. The van der Waals surface area contributed by atoms with Crippen LogP contribution in [0.5, 0.6) is 0 Å². The maximum atomic E-state index is 6.14. The van der Waals surface area contributed by atoms with Crippen molar-refractivity contribution in [2.75, 3.05) is 13.6 Å². The largest absolute Gasteiger partial charge is 0.329 e. The maximum absolute atomic E-state index is 6.14. The molecule has 0 saturated heterocycles. The number of benzene rings is 1. The summed E-state index contributed by atoms with van der Waals surface area (Å²) < 4.78 is 0.935. The standard InChI is InChI=1S/C13H18BrClN2/c1-17(10-3-2-4-10)13(8-16)9-5-6-11(14)12(15)7-9/h5-7,10,13H,2-4,8,16H2,1H3. The van der Waals surface area contributed by atoms with E-state index in [2.05, 4.69) is 33.9 Å². The van der Waals surface area contributed by atoms with Gasteiger partial charge in [0.15, 0.2) is 0 Å². The number of halogens is 2. The predicted octanol–water partition coefficient (Wildman–Crippen LogP) is 3.59.